The van der Waals surface area contributed by atoms with Gasteiger partial charge in [-0.25, -0.2) is 0 Å². The van der Waals surface area contributed by atoms with Crippen LogP contribution in [-0.2, 0) is 4.79 Å². The van der Waals surface area contributed by atoms with Gasteiger partial charge in [-0.1, -0.05) is 13.8 Å². The predicted octanol–water partition coefficient (Wildman–Crippen LogP) is 1.84. The summed E-state index contributed by atoms with van der Waals surface area (Å²) in [6, 6.07) is 0.988. The number of hydrogen-bond donors (Lipinski definition) is 1. The Morgan fingerprint density at radius 1 is 1.29 bits per heavy atom. The van der Waals surface area contributed by atoms with Crippen LogP contribution in [0.25, 0.3) is 0 Å². The molecular weight excluding hydrogens is 180 g/mol. The largest absolute Gasteiger partial charge is 0.312 e. The molecule has 0 heterocycles. The minimum atomic E-state index is -0.465. The lowest BCUT2D eigenvalue weighted by Crippen LogP contribution is -2.38. The van der Waals surface area contributed by atoms with Gasteiger partial charge in [-0.05, 0) is 25.7 Å². The molecule has 0 atom stereocenters. The summed E-state index contributed by atoms with van der Waals surface area (Å²) in [5.41, 5.74) is 0. The van der Waals surface area contributed by atoms with Crippen molar-refractivity contribution in [2.45, 2.75) is 51.6 Å². The van der Waals surface area contributed by atoms with Gasteiger partial charge in [0.25, 0.3) is 5.91 Å². The monoisotopic (exact) mass is 198 g/mol. The van der Waals surface area contributed by atoms with Gasteiger partial charge in [-0.3, -0.25) is 4.79 Å². The first-order valence-electron chi connectivity index (χ1n) is 5.26. The maximum Gasteiger partial charge on any atom is 0.289 e. The molecule has 0 bridgehead atoms. The van der Waals surface area contributed by atoms with E-state index in [-0.39, 0.29) is 5.92 Å². The van der Waals surface area contributed by atoms with E-state index in [9.17, 15) is 9.70 Å². The average Bonchev–Trinajstić information content (AvgIpc) is 2.17. The minimum absolute atomic E-state index is 0.113. The molecule has 0 saturated heterocycles. The summed E-state index contributed by atoms with van der Waals surface area (Å²) in [5.74, 6) is -0.578. The van der Waals surface area contributed by atoms with E-state index in [1.54, 1.807) is 0 Å². The fourth-order valence-corrected chi connectivity index (χ4v) is 2.05. The molecule has 14 heavy (non-hydrogen) atoms. The number of nitrogens with one attached hydrogen (secondary N) is 1. The Bertz CT molecular complexity index is 208. The molecule has 0 radical (unpaired) electrons. The van der Waals surface area contributed by atoms with Crippen molar-refractivity contribution in [3.63, 3.8) is 0 Å². The number of hydrogen-bond acceptors (Lipinski definition) is 3. The number of carbonyl (C=O) groups excluding carboxylic acids is 1. The number of amides is 1. The quantitative estimate of drug-likeness (QED) is 0.704. The third-order valence-corrected chi connectivity index (χ3v) is 2.74. The summed E-state index contributed by atoms with van der Waals surface area (Å²) in [6.45, 7) is 4.23. The van der Waals surface area contributed by atoms with Crippen LogP contribution >= 0.6 is 0 Å². The van der Waals surface area contributed by atoms with Crippen LogP contribution in [0.3, 0.4) is 0 Å². The van der Waals surface area contributed by atoms with E-state index in [0.29, 0.717) is 12.1 Å². The van der Waals surface area contributed by atoms with Crippen LogP contribution in [0.2, 0.25) is 0 Å². The molecule has 1 fully saturated rings. The Morgan fingerprint density at radius 3 is 2.29 bits per heavy atom. The van der Waals surface area contributed by atoms with Crippen molar-refractivity contribution in [2.75, 3.05) is 0 Å². The van der Waals surface area contributed by atoms with E-state index in [4.69, 9.17) is 0 Å². The van der Waals surface area contributed by atoms with Gasteiger partial charge >= 0.3 is 0 Å². The molecule has 0 spiro atoms. The van der Waals surface area contributed by atoms with E-state index in [0.717, 1.165) is 25.7 Å². The van der Waals surface area contributed by atoms with Gasteiger partial charge in [0, 0.05) is 23.2 Å². The van der Waals surface area contributed by atoms with Crippen molar-refractivity contribution in [1.29, 1.82) is 0 Å². The highest BCUT2D eigenvalue weighted by atomic mass is 16.3. The normalized spacial score (nSPS) is 27.6. The third kappa shape index (κ3) is 3.18. The first-order valence-corrected chi connectivity index (χ1v) is 5.26. The predicted molar refractivity (Wildman–Crippen MR) is 54.8 cm³/mol. The zero-order valence-corrected chi connectivity index (χ0v) is 8.82. The van der Waals surface area contributed by atoms with Crippen molar-refractivity contribution >= 4 is 5.91 Å². The molecule has 80 valence electrons. The van der Waals surface area contributed by atoms with Crippen LogP contribution in [-0.4, -0.2) is 18.0 Å². The summed E-state index contributed by atoms with van der Waals surface area (Å²) in [7, 11) is 0. The molecule has 1 rings (SSSR count). The van der Waals surface area contributed by atoms with Crippen LogP contribution in [0.5, 0.6) is 0 Å². The first kappa shape index (κ1) is 11.3. The highest BCUT2D eigenvalue weighted by Crippen LogP contribution is 2.25. The average molecular weight is 198 g/mol. The van der Waals surface area contributed by atoms with Crippen LogP contribution in [0, 0.1) is 10.8 Å². The van der Waals surface area contributed by atoms with Gasteiger partial charge in [0.1, 0.15) is 0 Å². The number of nitroso groups, excluding NO2 is 1. The van der Waals surface area contributed by atoms with Crippen molar-refractivity contribution in [3.05, 3.63) is 4.91 Å². The molecule has 0 unspecified atom stereocenters. The molecule has 1 aliphatic rings. The lowest BCUT2D eigenvalue weighted by atomic mass is 9.85. The minimum Gasteiger partial charge on any atom is -0.312 e. The molecule has 1 N–H and O–H groups in total. The maximum atomic E-state index is 11.0. The van der Waals surface area contributed by atoms with E-state index in [2.05, 4.69) is 24.3 Å². The van der Waals surface area contributed by atoms with Crippen molar-refractivity contribution < 1.29 is 4.79 Å². The molecular formula is C10H18N2O2. The van der Waals surface area contributed by atoms with E-state index in [1.165, 1.54) is 0 Å². The summed E-state index contributed by atoms with van der Waals surface area (Å²) >= 11 is 0. The number of nitrogens with zero attached hydrogens (tertiary/aromatic N) is 1. The first-order chi connectivity index (χ1) is 6.63. The molecule has 1 aliphatic carbocycles. The fourth-order valence-electron chi connectivity index (χ4n) is 2.05. The second kappa shape index (κ2) is 5.20. The zero-order valence-electron chi connectivity index (χ0n) is 8.82. The highest BCUT2D eigenvalue weighted by molar-refractivity contribution is 5.79. The van der Waals surface area contributed by atoms with Crippen molar-refractivity contribution in [1.82, 2.24) is 5.32 Å². The molecule has 1 saturated carbocycles. The van der Waals surface area contributed by atoms with Crippen LogP contribution in [0.1, 0.15) is 39.5 Å². The number of carbonyl (C=O) groups is 1. The summed E-state index contributed by atoms with van der Waals surface area (Å²) < 4.78 is 0. The maximum absolute atomic E-state index is 11.0. The van der Waals surface area contributed by atoms with Crippen molar-refractivity contribution in [3.8, 4) is 0 Å². The molecule has 0 aromatic carbocycles. The Morgan fingerprint density at radius 2 is 1.86 bits per heavy atom. The summed E-state index contributed by atoms with van der Waals surface area (Å²) in [6.07, 6.45) is 3.55. The Kier molecular flexibility index (Phi) is 4.20. The van der Waals surface area contributed by atoms with Gasteiger partial charge in [0.15, 0.2) is 0 Å². The Balaban J connectivity index is 2.31. The lowest BCUT2D eigenvalue weighted by molar-refractivity contribution is -0.122. The SMILES string of the molecule is CC(C)NC1CCC(C(=O)N=O)CC1. The molecule has 0 aromatic rings. The standard InChI is InChI=1S/C10H18N2O2/c1-7(2)11-9-5-3-8(4-6-9)10(13)12-14/h7-9,11H,3-6H2,1-2H3. The highest BCUT2D eigenvalue weighted by Gasteiger charge is 2.26. The second-order valence-electron chi connectivity index (χ2n) is 4.30. The topological polar surface area (TPSA) is 58.5 Å². The van der Waals surface area contributed by atoms with Gasteiger partial charge in [0.05, 0.1) is 0 Å². The Hall–Kier alpha value is -0.770. The molecule has 4 heteroatoms. The second-order valence-corrected chi connectivity index (χ2v) is 4.30. The Labute approximate surface area is 84.4 Å². The summed E-state index contributed by atoms with van der Waals surface area (Å²) in [5, 5.41) is 5.93. The smallest absolute Gasteiger partial charge is 0.289 e. The molecule has 4 nitrogen and oxygen atoms in total. The summed E-state index contributed by atoms with van der Waals surface area (Å²) in [4.78, 5) is 21.0. The van der Waals surface area contributed by atoms with Gasteiger partial charge in [0.2, 0.25) is 0 Å². The zero-order chi connectivity index (χ0) is 10.6. The van der Waals surface area contributed by atoms with Gasteiger partial charge in [-0.2, -0.15) is 0 Å². The van der Waals surface area contributed by atoms with E-state index in [1.807, 2.05) is 0 Å². The van der Waals surface area contributed by atoms with Gasteiger partial charge < -0.3 is 5.32 Å². The van der Waals surface area contributed by atoms with E-state index < -0.39 is 5.91 Å². The third-order valence-electron chi connectivity index (χ3n) is 2.74. The number of rotatable bonds is 3. The van der Waals surface area contributed by atoms with Crippen LogP contribution < -0.4 is 5.32 Å². The van der Waals surface area contributed by atoms with Crippen LogP contribution in [0.4, 0.5) is 0 Å². The molecule has 0 aliphatic heterocycles. The van der Waals surface area contributed by atoms with Gasteiger partial charge in [-0.15, -0.1) is 4.91 Å². The lowest BCUT2D eigenvalue weighted by Gasteiger charge is -2.28. The van der Waals surface area contributed by atoms with E-state index >= 15 is 0 Å². The molecule has 0 aromatic heterocycles. The molecule has 1 amide bonds. The van der Waals surface area contributed by atoms with Crippen molar-refractivity contribution in [2.24, 2.45) is 11.1 Å². The fraction of sp³-hybridized carbons (Fsp3) is 0.900. The van der Waals surface area contributed by atoms with Crippen LogP contribution in [0.15, 0.2) is 5.18 Å².